The average Bonchev–Trinajstić information content (AvgIpc) is 3.16. The third-order valence-corrected chi connectivity index (χ3v) is 5.72. The van der Waals surface area contributed by atoms with Crippen LogP contribution in [0.15, 0.2) is 78.0 Å². The van der Waals surface area contributed by atoms with Gasteiger partial charge in [-0.25, -0.2) is 4.79 Å². The molecule has 2 N–H and O–H groups in total. The molecule has 8 heteroatoms. The number of carbonyl (C=O) groups excluding carboxylic acids is 1. The summed E-state index contributed by atoms with van der Waals surface area (Å²) >= 11 is 1.18. The molecule has 0 saturated carbocycles. The van der Waals surface area contributed by atoms with Crippen molar-refractivity contribution in [2.75, 3.05) is 0 Å². The minimum atomic E-state index is -1.04. The Hall–Kier alpha value is -4.30. The van der Waals surface area contributed by atoms with Crippen LogP contribution >= 0.6 is 11.3 Å². The van der Waals surface area contributed by atoms with Crippen LogP contribution in [0.2, 0.25) is 0 Å². The van der Waals surface area contributed by atoms with Crippen molar-refractivity contribution in [2.24, 2.45) is 5.18 Å². The summed E-state index contributed by atoms with van der Waals surface area (Å²) in [7, 11) is 0. The van der Waals surface area contributed by atoms with Gasteiger partial charge in [0.1, 0.15) is 22.1 Å². The number of aromatic hydroxyl groups is 1. The van der Waals surface area contributed by atoms with Crippen molar-refractivity contribution in [3.63, 3.8) is 0 Å². The number of carbonyl (C=O) groups is 2. The molecular formula is C24H15NO6S. The number of nitroso groups, excluding NO2 is 1. The Kier molecular flexibility index (Phi) is 5.78. The van der Waals surface area contributed by atoms with E-state index in [0.717, 1.165) is 6.08 Å². The van der Waals surface area contributed by atoms with Crippen molar-refractivity contribution in [2.45, 2.75) is 0 Å². The van der Waals surface area contributed by atoms with Gasteiger partial charge in [0, 0.05) is 21.7 Å². The molecule has 0 aliphatic rings. The summed E-state index contributed by atoms with van der Waals surface area (Å²) < 4.78 is 6.74. The number of phenols is 1. The first-order valence-corrected chi connectivity index (χ1v) is 10.2. The fourth-order valence-electron chi connectivity index (χ4n) is 3.05. The highest BCUT2D eigenvalue weighted by atomic mass is 32.1. The van der Waals surface area contributed by atoms with Crippen molar-refractivity contribution < 1.29 is 24.5 Å². The van der Waals surface area contributed by atoms with E-state index in [-0.39, 0.29) is 17.2 Å². The SMILES string of the molecule is O=Nc1ccc2c(Oc3ccc(/C=C/C(=O)O)cc3)c(C(=O)c3ccc(O)cc3)sc2c1. The number of thiophene rings is 1. The minimum absolute atomic E-state index is 0.0492. The van der Waals surface area contributed by atoms with Crippen LogP contribution in [0, 0.1) is 4.91 Å². The summed E-state index contributed by atoms with van der Waals surface area (Å²) in [6.07, 6.45) is 2.50. The van der Waals surface area contributed by atoms with E-state index < -0.39 is 5.97 Å². The molecule has 32 heavy (non-hydrogen) atoms. The maximum atomic E-state index is 13.2. The highest BCUT2D eigenvalue weighted by Gasteiger charge is 2.22. The normalized spacial score (nSPS) is 11.0. The van der Waals surface area contributed by atoms with Crippen molar-refractivity contribution in [1.29, 1.82) is 0 Å². The Labute approximate surface area is 185 Å². The number of benzene rings is 3. The van der Waals surface area contributed by atoms with Gasteiger partial charge in [0.15, 0.2) is 5.75 Å². The lowest BCUT2D eigenvalue weighted by Crippen LogP contribution is -2.00. The first-order chi connectivity index (χ1) is 15.4. The Morgan fingerprint density at radius 2 is 1.69 bits per heavy atom. The van der Waals surface area contributed by atoms with Crippen LogP contribution in [0.3, 0.4) is 0 Å². The van der Waals surface area contributed by atoms with Crippen molar-refractivity contribution in [3.05, 3.63) is 93.7 Å². The topological polar surface area (TPSA) is 113 Å². The number of carboxylic acids is 1. The lowest BCUT2D eigenvalue weighted by molar-refractivity contribution is -0.131. The number of ether oxygens (including phenoxy) is 1. The van der Waals surface area contributed by atoms with E-state index in [1.807, 2.05) is 0 Å². The standard InChI is InChI=1S/C24H15NO6S/c26-17-7-4-15(5-8-17)22(29)24-23(19-11-6-16(25-30)13-20(19)32-24)31-18-9-1-14(2-10-18)3-12-21(27)28/h1-13,26H,(H,27,28)/b12-3+. The largest absolute Gasteiger partial charge is 0.508 e. The molecule has 0 amide bonds. The lowest BCUT2D eigenvalue weighted by atomic mass is 10.1. The van der Waals surface area contributed by atoms with Gasteiger partial charge in [-0.05, 0) is 71.4 Å². The third-order valence-electron chi connectivity index (χ3n) is 4.59. The number of ketones is 1. The molecule has 0 unspecified atom stereocenters. The molecular weight excluding hydrogens is 430 g/mol. The maximum Gasteiger partial charge on any atom is 0.328 e. The van der Waals surface area contributed by atoms with Crippen LogP contribution in [0.25, 0.3) is 16.2 Å². The average molecular weight is 445 g/mol. The molecule has 158 valence electrons. The van der Waals surface area contributed by atoms with Crippen molar-refractivity contribution in [1.82, 2.24) is 0 Å². The van der Waals surface area contributed by atoms with Gasteiger partial charge in [-0.2, -0.15) is 0 Å². The van der Waals surface area contributed by atoms with E-state index in [0.29, 0.717) is 37.6 Å². The molecule has 0 bridgehead atoms. The van der Waals surface area contributed by atoms with Gasteiger partial charge in [0.05, 0.1) is 0 Å². The summed E-state index contributed by atoms with van der Waals surface area (Å²) in [6, 6.07) is 17.4. The third kappa shape index (κ3) is 4.40. The molecule has 4 aromatic rings. The van der Waals surface area contributed by atoms with E-state index >= 15 is 0 Å². The summed E-state index contributed by atoms with van der Waals surface area (Å²) in [5, 5.41) is 21.9. The lowest BCUT2D eigenvalue weighted by Gasteiger charge is -2.08. The first kappa shape index (κ1) is 21.0. The number of nitrogens with zero attached hydrogens (tertiary/aromatic N) is 1. The molecule has 1 heterocycles. The number of hydrogen-bond donors (Lipinski definition) is 2. The highest BCUT2D eigenvalue weighted by Crippen LogP contribution is 2.42. The number of hydrogen-bond acceptors (Lipinski definition) is 7. The van der Waals surface area contributed by atoms with Crippen LogP contribution in [0.4, 0.5) is 5.69 Å². The summed E-state index contributed by atoms with van der Waals surface area (Å²) in [6.45, 7) is 0. The van der Waals surface area contributed by atoms with Crippen LogP contribution in [0.1, 0.15) is 20.8 Å². The Morgan fingerprint density at radius 1 is 0.969 bits per heavy atom. The van der Waals surface area contributed by atoms with Crippen molar-refractivity contribution in [3.8, 4) is 17.2 Å². The van der Waals surface area contributed by atoms with E-state index in [1.54, 1.807) is 42.5 Å². The molecule has 7 nitrogen and oxygen atoms in total. The predicted octanol–water partition coefficient (Wildman–Crippen LogP) is 6.13. The quantitative estimate of drug-likeness (QED) is 0.201. The number of aliphatic carboxylic acids is 1. The monoisotopic (exact) mass is 445 g/mol. The van der Waals surface area contributed by atoms with Gasteiger partial charge in [-0.3, -0.25) is 4.79 Å². The van der Waals surface area contributed by atoms with Crippen LogP contribution in [0.5, 0.6) is 17.2 Å². The van der Waals surface area contributed by atoms with Gasteiger partial charge in [0.25, 0.3) is 0 Å². The van der Waals surface area contributed by atoms with Gasteiger partial charge in [0.2, 0.25) is 5.78 Å². The summed E-state index contributed by atoms with van der Waals surface area (Å²) in [5.41, 5.74) is 1.29. The van der Waals surface area contributed by atoms with Crippen LogP contribution in [-0.4, -0.2) is 22.0 Å². The fraction of sp³-hybridized carbons (Fsp3) is 0. The van der Waals surface area contributed by atoms with E-state index in [4.69, 9.17) is 9.84 Å². The molecule has 0 saturated heterocycles. The molecule has 0 aliphatic carbocycles. The second-order valence-electron chi connectivity index (χ2n) is 6.75. The zero-order chi connectivity index (χ0) is 22.7. The number of fused-ring (bicyclic) bond motifs is 1. The molecule has 0 fully saturated rings. The number of phenolic OH excluding ortho intramolecular Hbond substituents is 1. The molecule has 4 rings (SSSR count). The highest BCUT2D eigenvalue weighted by molar-refractivity contribution is 7.21. The number of rotatable bonds is 7. The Morgan fingerprint density at radius 3 is 2.34 bits per heavy atom. The van der Waals surface area contributed by atoms with E-state index in [9.17, 15) is 19.6 Å². The molecule has 3 aromatic carbocycles. The van der Waals surface area contributed by atoms with Crippen LogP contribution < -0.4 is 4.74 Å². The zero-order valence-electron chi connectivity index (χ0n) is 16.4. The number of carboxylic acid groups (broad SMARTS) is 1. The second-order valence-corrected chi connectivity index (χ2v) is 7.80. The summed E-state index contributed by atoms with van der Waals surface area (Å²) in [4.78, 5) is 35.1. The molecule has 0 aliphatic heterocycles. The predicted molar refractivity (Wildman–Crippen MR) is 122 cm³/mol. The van der Waals surface area contributed by atoms with Gasteiger partial charge < -0.3 is 14.9 Å². The van der Waals surface area contributed by atoms with Crippen LogP contribution in [-0.2, 0) is 4.79 Å². The minimum Gasteiger partial charge on any atom is -0.508 e. The smallest absolute Gasteiger partial charge is 0.328 e. The van der Waals surface area contributed by atoms with Crippen molar-refractivity contribution >= 4 is 44.9 Å². The molecule has 0 radical (unpaired) electrons. The Balaban J connectivity index is 1.75. The summed E-state index contributed by atoms with van der Waals surface area (Å²) in [5.74, 6) is -0.489. The maximum absolute atomic E-state index is 13.2. The van der Waals surface area contributed by atoms with Gasteiger partial charge in [-0.15, -0.1) is 16.2 Å². The van der Waals surface area contributed by atoms with Gasteiger partial charge >= 0.3 is 5.97 Å². The fourth-order valence-corrected chi connectivity index (χ4v) is 4.17. The second kappa shape index (κ2) is 8.83. The molecule has 1 aromatic heterocycles. The first-order valence-electron chi connectivity index (χ1n) is 9.37. The Bertz CT molecular complexity index is 1350. The van der Waals surface area contributed by atoms with Gasteiger partial charge in [-0.1, -0.05) is 12.1 Å². The van der Waals surface area contributed by atoms with E-state index in [1.165, 1.54) is 41.7 Å². The van der Waals surface area contributed by atoms with E-state index in [2.05, 4.69) is 5.18 Å². The zero-order valence-corrected chi connectivity index (χ0v) is 17.2. The molecule has 0 atom stereocenters. The molecule has 0 spiro atoms.